The van der Waals surface area contributed by atoms with Gasteiger partial charge in [-0.2, -0.15) is 0 Å². The van der Waals surface area contributed by atoms with Gasteiger partial charge in [-0.05, 0) is 23.3 Å². The van der Waals surface area contributed by atoms with E-state index < -0.39 is 41.5 Å². The molecule has 1 saturated heterocycles. The molecule has 8 nitrogen and oxygen atoms in total. The van der Waals surface area contributed by atoms with Crippen molar-refractivity contribution >= 4 is 23.8 Å². The standard InChI is InChI=1S/C20H17NO7/c22-17-15(19(24)25)14(16(20(26)27)18(23)21-17)12-6-8-13(9-7-12)28-10-11-4-2-1-3-5-11/h1-9,14-16H,10H2,(H,24,25)(H,26,27)(H,21,22,23). The molecule has 0 radical (unpaired) electrons. The topological polar surface area (TPSA) is 130 Å². The van der Waals surface area contributed by atoms with Crippen molar-refractivity contribution in [1.82, 2.24) is 5.32 Å². The van der Waals surface area contributed by atoms with Crippen molar-refractivity contribution in [2.45, 2.75) is 12.5 Å². The van der Waals surface area contributed by atoms with E-state index in [-0.39, 0.29) is 5.56 Å². The Morgan fingerprint density at radius 2 is 1.39 bits per heavy atom. The highest BCUT2D eigenvalue weighted by Gasteiger charge is 2.51. The fourth-order valence-corrected chi connectivity index (χ4v) is 3.24. The van der Waals surface area contributed by atoms with Crippen LogP contribution in [-0.2, 0) is 25.8 Å². The van der Waals surface area contributed by atoms with Gasteiger partial charge in [-0.1, -0.05) is 42.5 Å². The minimum atomic E-state index is -1.69. The number of carboxylic acids is 2. The van der Waals surface area contributed by atoms with Crippen molar-refractivity contribution in [3.05, 3.63) is 65.7 Å². The van der Waals surface area contributed by atoms with E-state index in [9.17, 15) is 29.4 Å². The molecule has 2 atom stereocenters. The van der Waals surface area contributed by atoms with E-state index in [4.69, 9.17) is 4.74 Å². The number of benzene rings is 2. The number of aliphatic carboxylic acids is 2. The molecule has 1 fully saturated rings. The van der Waals surface area contributed by atoms with Gasteiger partial charge in [-0.15, -0.1) is 0 Å². The first-order valence-electron chi connectivity index (χ1n) is 8.45. The molecule has 3 rings (SSSR count). The van der Waals surface area contributed by atoms with Gasteiger partial charge in [-0.3, -0.25) is 24.5 Å². The summed E-state index contributed by atoms with van der Waals surface area (Å²) in [5.74, 6) is -9.24. The van der Waals surface area contributed by atoms with Crippen LogP contribution in [0.15, 0.2) is 54.6 Å². The van der Waals surface area contributed by atoms with E-state index >= 15 is 0 Å². The number of rotatable bonds is 6. The Morgan fingerprint density at radius 3 is 1.89 bits per heavy atom. The van der Waals surface area contributed by atoms with Crippen LogP contribution in [-0.4, -0.2) is 34.0 Å². The van der Waals surface area contributed by atoms with Crippen molar-refractivity contribution in [2.75, 3.05) is 0 Å². The number of imide groups is 1. The smallest absolute Gasteiger partial charge is 0.316 e. The van der Waals surface area contributed by atoms with Crippen LogP contribution in [0.25, 0.3) is 0 Å². The predicted molar refractivity (Wildman–Crippen MR) is 95.4 cm³/mol. The molecule has 1 aliphatic rings. The Hall–Kier alpha value is -3.68. The third kappa shape index (κ3) is 3.85. The van der Waals surface area contributed by atoms with Crippen molar-refractivity contribution in [1.29, 1.82) is 0 Å². The summed E-state index contributed by atoms with van der Waals surface area (Å²) in [5.41, 5.74) is 1.22. The first-order valence-corrected chi connectivity index (χ1v) is 8.45. The summed E-state index contributed by atoms with van der Waals surface area (Å²) in [7, 11) is 0. The normalized spacial score (nSPS) is 21.6. The molecule has 2 aromatic carbocycles. The molecule has 28 heavy (non-hydrogen) atoms. The van der Waals surface area contributed by atoms with Crippen molar-refractivity contribution in [3.63, 3.8) is 0 Å². The van der Waals surface area contributed by atoms with Crippen LogP contribution in [0.5, 0.6) is 5.75 Å². The second-order valence-corrected chi connectivity index (χ2v) is 6.35. The summed E-state index contributed by atoms with van der Waals surface area (Å²) in [5, 5.41) is 20.6. The van der Waals surface area contributed by atoms with Gasteiger partial charge in [0, 0.05) is 5.92 Å². The number of ether oxygens (including phenoxy) is 1. The van der Waals surface area contributed by atoms with Gasteiger partial charge in [-0.25, -0.2) is 0 Å². The molecule has 1 aliphatic heterocycles. The van der Waals surface area contributed by atoms with Gasteiger partial charge in [0.05, 0.1) is 0 Å². The molecule has 0 spiro atoms. The lowest BCUT2D eigenvalue weighted by Gasteiger charge is -2.32. The Bertz CT molecular complexity index is 876. The van der Waals surface area contributed by atoms with E-state index in [0.29, 0.717) is 12.4 Å². The maximum Gasteiger partial charge on any atom is 0.316 e. The summed E-state index contributed by atoms with van der Waals surface area (Å²) in [6.45, 7) is 0.319. The molecule has 2 amide bonds. The van der Waals surface area contributed by atoms with Gasteiger partial charge >= 0.3 is 11.9 Å². The third-order valence-electron chi connectivity index (χ3n) is 4.58. The minimum absolute atomic E-state index is 0.259. The zero-order valence-corrected chi connectivity index (χ0v) is 14.6. The largest absolute Gasteiger partial charge is 0.489 e. The Labute approximate surface area is 159 Å². The van der Waals surface area contributed by atoms with Crippen LogP contribution < -0.4 is 10.1 Å². The van der Waals surface area contributed by atoms with E-state index in [1.165, 1.54) is 12.1 Å². The van der Waals surface area contributed by atoms with Gasteiger partial charge in [0.25, 0.3) is 0 Å². The number of hydrogen-bond acceptors (Lipinski definition) is 5. The Kier molecular flexibility index (Phi) is 5.39. The molecule has 2 unspecified atom stereocenters. The van der Waals surface area contributed by atoms with Crippen molar-refractivity contribution < 1.29 is 34.1 Å². The molecule has 144 valence electrons. The molecule has 3 N–H and O–H groups in total. The van der Waals surface area contributed by atoms with Gasteiger partial charge in [0.1, 0.15) is 24.2 Å². The third-order valence-corrected chi connectivity index (χ3v) is 4.58. The maximum atomic E-state index is 12.0. The fourth-order valence-electron chi connectivity index (χ4n) is 3.24. The number of carbonyl (C=O) groups is 4. The molecule has 0 bridgehead atoms. The SMILES string of the molecule is O=C(O)C1C(=O)NC(=O)C(C(=O)O)C1c1ccc(OCc2ccccc2)cc1. The van der Waals surface area contributed by atoms with Crippen LogP contribution in [0.3, 0.4) is 0 Å². The summed E-state index contributed by atoms with van der Waals surface area (Å²) < 4.78 is 5.65. The Balaban J connectivity index is 1.85. The van der Waals surface area contributed by atoms with E-state index in [0.717, 1.165) is 5.56 Å². The molecule has 8 heteroatoms. The van der Waals surface area contributed by atoms with Crippen molar-refractivity contribution in [3.8, 4) is 5.75 Å². The molecular formula is C20H17NO7. The number of nitrogens with one attached hydrogen (secondary N) is 1. The van der Waals surface area contributed by atoms with Gasteiger partial charge in [0.2, 0.25) is 11.8 Å². The van der Waals surface area contributed by atoms with Crippen LogP contribution >= 0.6 is 0 Å². The second-order valence-electron chi connectivity index (χ2n) is 6.35. The zero-order valence-electron chi connectivity index (χ0n) is 14.6. The van der Waals surface area contributed by atoms with E-state index in [2.05, 4.69) is 0 Å². The zero-order chi connectivity index (χ0) is 20.3. The van der Waals surface area contributed by atoms with Crippen LogP contribution in [0, 0.1) is 11.8 Å². The average Bonchev–Trinajstić information content (AvgIpc) is 2.66. The van der Waals surface area contributed by atoms with Crippen molar-refractivity contribution in [2.24, 2.45) is 11.8 Å². The highest BCUT2D eigenvalue weighted by atomic mass is 16.5. The lowest BCUT2D eigenvalue weighted by atomic mass is 9.73. The van der Waals surface area contributed by atoms with E-state index in [1.54, 1.807) is 12.1 Å². The first-order chi connectivity index (χ1) is 13.4. The summed E-state index contributed by atoms with van der Waals surface area (Å²) in [4.78, 5) is 47.1. The number of piperidine rings is 1. The average molecular weight is 383 g/mol. The molecule has 2 aromatic rings. The summed E-state index contributed by atoms with van der Waals surface area (Å²) in [6, 6.07) is 15.5. The highest BCUT2D eigenvalue weighted by Crippen LogP contribution is 2.37. The quantitative estimate of drug-likeness (QED) is 0.508. The number of carbonyl (C=O) groups excluding carboxylic acids is 2. The highest BCUT2D eigenvalue weighted by molar-refractivity contribution is 6.14. The van der Waals surface area contributed by atoms with Crippen LogP contribution in [0.1, 0.15) is 17.0 Å². The number of hydrogen-bond donors (Lipinski definition) is 3. The molecule has 0 aromatic heterocycles. The predicted octanol–water partition coefficient (Wildman–Crippen LogP) is 1.41. The number of amides is 2. The number of carboxylic acid groups (broad SMARTS) is 2. The maximum absolute atomic E-state index is 12.0. The monoisotopic (exact) mass is 383 g/mol. The summed E-state index contributed by atoms with van der Waals surface area (Å²) >= 11 is 0. The second kappa shape index (κ2) is 7.91. The summed E-state index contributed by atoms with van der Waals surface area (Å²) in [6.07, 6.45) is 0. The van der Waals surface area contributed by atoms with E-state index in [1.807, 2.05) is 35.6 Å². The molecule has 0 aliphatic carbocycles. The molecular weight excluding hydrogens is 366 g/mol. The Morgan fingerprint density at radius 1 is 0.857 bits per heavy atom. The lowest BCUT2D eigenvalue weighted by Crippen LogP contribution is -2.55. The molecule has 1 heterocycles. The van der Waals surface area contributed by atoms with Gasteiger partial charge < -0.3 is 14.9 Å². The lowest BCUT2D eigenvalue weighted by molar-refractivity contribution is -0.158. The van der Waals surface area contributed by atoms with Crippen LogP contribution in [0.4, 0.5) is 0 Å². The minimum Gasteiger partial charge on any atom is -0.489 e. The fraction of sp³-hybridized carbons (Fsp3) is 0.200. The first kappa shape index (κ1) is 19.1. The van der Waals surface area contributed by atoms with Gasteiger partial charge in [0.15, 0.2) is 0 Å². The molecule has 0 saturated carbocycles. The van der Waals surface area contributed by atoms with Crippen LogP contribution in [0.2, 0.25) is 0 Å².